The first-order chi connectivity index (χ1) is 11.5. The first kappa shape index (κ1) is 15.5. The molecule has 0 saturated carbocycles. The molecule has 24 heavy (non-hydrogen) atoms. The number of nitrogens with zero attached hydrogens (tertiary/aromatic N) is 2. The molecule has 0 fully saturated rings. The summed E-state index contributed by atoms with van der Waals surface area (Å²) < 4.78 is 5.52. The van der Waals surface area contributed by atoms with Gasteiger partial charge in [0.2, 0.25) is 5.76 Å². The number of anilines is 2. The summed E-state index contributed by atoms with van der Waals surface area (Å²) in [6.07, 6.45) is 1.63. The Balaban J connectivity index is 2.00. The second kappa shape index (κ2) is 5.99. The lowest BCUT2D eigenvalue weighted by Crippen LogP contribution is -2.13. The summed E-state index contributed by atoms with van der Waals surface area (Å²) in [7, 11) is 1.60. The summed E-state index contributed by atoms with van der Waals surface area (Å²) in [6, 6.07) is 6.28. The Kier molecular flexibility index (Phi) is 3.87. The van der Waals surface area contributed by atoms with Crippen LogP contribution in [0.3, 0.4) is 0 Å². The molecular weight excluding hydrogens is 312 g/mol. The molecule has 3 aromatic rings. The van der Waals surface area contributed by atoms with E-state index in [1.807, 2.05) is 13.0 Å². The quantitative estimate of drug-likeness (QED) is 0.674. The SMILES string of the molecule is CNc1c(C(=O)Nc2ccc(C)cn2)oc2ccc(C(=O)O)nc12. The molecule has 3 aromatic heterocycles. The molecule has 0 aromatic carbocycles. The van der Waals surface area contributed by atoms with Crippen LogP contribution < -0.4 is 10.6 Å². The average molecular weight is 326 g/mol. The van der Waals surface area contributed by atoms with Gasteiger partial charge in [0.05, 0.1) is 0 Å². The van der Waals surface area contributed by atoms with Gasteiger partial charge in [-0.2, -0.15) is 0 Å². The molecule has 0 aliphatic heterocycles. The highest BCUT2D eigenvalue weighted by atomic mass is 16.4. The molecule has 0 atom stereocenters. The first-order valence-corrected chi connectivity index (χ1v) is 7.08. The van der Waals surface area contributed by atoms with Gasteiger partial charge in [0.25, 0.3) is 5.91 Å². The zero-order chi connectivity index (χ0) is 17.3. The fourth-order valence-electron chi connectivity index (χ4n) is 2.20. The van der Waals surface area contributed by atoms with Gasteiger partial charge in [-0.25, -0.2) is 14.8 Å². The number of carboxylic acid groups (broad SMARTS) is 1. The number of amides is 1. The van der Waals surface area contributed by atoms with Gasteiger partial charge in [0.15, 0.2) is 5.58 Å². The van der Waals surface area contributed by atoms with Crippen LogP contribution in [0.15, 0.2) is 34.9 Å². The number of hydrogen-bond acceptors (Lipinski definition) is 6. The van der Waals surface area contributed by atoms with Crippen molar-refractivity contribution in [3.63, 3.8) is 0 Å². The topological polar surface area (TPSA) is 117 Å². The van der Waals surface area contributed by atoms with E-state index in [1.54, 1.807) is 19.3 Å². The van der Waals surface area contributed by atoms with Gasteiger partial charge < -0.3 is 20.2 Å². The number of nitrogens with one attached hydrogen (secondary N) is 2. The zero-order valence-electron chi connectivity index (χ0n) is 13.0. The predicted octanol–water partition coefficient (Wildman–Crippen LogP) is 2.52. The Morgan fingerprint density at radius 3 is 2.62 bits per heavy atom. The van der Waals surface area contributed by atoms with E-state index in [4.69, 9.17) is 9.52 Å². The molecule has 0 aliphatic rings. The maximum absolute atomic E-state index is 12.4. The van der Waals surface area contributed by atoms with E-state index in [1.165, 1.54) is 12.1 Å². The number of fused-ring (bicyclic) bond motifs is 1. The van der Waals surface area contributed by atoms with E-state index < -0.39 is 11.9 Å². The molecule has 8 heteroatoms. The Morgan fingerprint density at radius 1 is 1.21 bits per heavy atom. The molecule has 0 aliphatic carbocycles. The van der Waals surface area contributed by atoms with Crippen molar-refractivity contribution in [3.05, 3.63) is 47.5 Å². The molecule has 3 N–H and O–H groups in total. The summed E-state index contributed by atoms with van der Waals surface area (Å²) in [5, 5.41) is 14.5. The van der Waals surface area contributed by atoms with Crippen molar-refractivity contribution in [2.24, 2.45) is 0 Å². The Hall–Kier alpha value is -3.42. The average Bonchev–Trinajstić information content (AvgIpc) is 2.94. The van der Waals surface area contributed by atoms with Crippen LogP contribution >= 0.6 is 0 Å². The first-order valence-electron chi connectivity index (χ1n) is 7.08. The smallest absolute Gasteiger partial charge is 0.354 e. The highest BCUT2D eigenvalue weighted by molar-refractivity contribution is 6.10. The van der Waals surface area contributed by atoms with Crippen LogP contribution in [0, 0.1) is 6.92 Å². The molecule has 0 unspecified atom stereocenters. The van der Waals surface area contributed by atoms with Crippen molar-refractivity contribution in [2.75, 3.05) is 17.7 Å². The number of aromatic nitrogens is 2. The molecule has 0 saturated heterocycles. The molecule has 0 radical (unpaired) electrons. The van der Waals surface area contributed by atoms with Gasteiger partial charge in [-0.1, -0.05) is 6.07 Å². The number of rotatable bonds is 4. The summed E-state index contributed by atoms with van der Waals surface area (Å²) in [4.78, 5) is 31.6. The van der Waals surface area contributed by atoms with E-state index in [0.717, 1.165) is 5.56 Å². The third-order valence-electron chi connectivity index (χ3n) is 3.36. The van der Waals surface area contributed by atoms with E-state index in [2.05, 4.69) is 20.6 Å². The standard InChI is InChI=1S/C16H14N4O4/c1-8-3-6-11(18-7-8)20-15(21)14-13(17-2)12-10(24-14)5-4-9(19-12)16(22)23/h3-7,17H,1-2H3,(H,22,23)(H,18,20,21). The van der Waals surface area contributed by atoms with Crippen molar-refractivity contribution in [1.29, 1.82) is 0 Å². The van der Waals surface area contributed by atoms with Gasteiger partial charge in [-0.3, -0.25) is 4.79 Å². The van der Waals surface area contributed by atoms with E-state index in [-0.39, 0.29) is 17.0 Å². The number of carboxylic acids is 1. The monoisotopic (exact) mass is 326 g/mol. The number of aromatic carboxylic acids is 1. The molecule has 3 heterocycles. The minimum atomic E-state index is -1.16. The number of carbonyl (C=O) groups is 2. The van der Waals surface area contributed by atoms with Crippen LogP contribution in [-0.4, -0.2) is 34.0 Å². The number of carbonyl (C=O) groups excluding carboxylic acids is 1. The van der Waals surface area contributed by atoms with Gasteiger partial charge in [-0.15, -0.1) is 0 Å². The van der Waals surface area contributed by atoms with Crippen LogP contribution in [-0.2, 0) is 0 Å². The van der Waals surface area contributed by atoms with Gasteiger partial charge in [0, 0.05) is 13.2 Å². The number of aryl methyl sites for hydroxylation is 1. The largest absolute Gasteiger partial charge is 0.477 e. The van der Waals surface area contributed by atoms with Gasteiger partial charge >= 0.3 is 5.97 Å². The summed E-state index contributed by atoms with van der Waals surface area (Å²) >= 11 is 0. The molecule has 8 nitrogen and oxygen atoms in total. The minimum absolute atomic E-state index is 0.00455. The molecule has 3 rings (SSSR count). The van der Waals surface area contributed by atoms with Crippen molar-refractivity contribution < 1.29 is 19.1 Å². The fourth-order valence-corrected chi connectivity index (χ4v) is 2.20. The third kappa shape index (κ3) is 2.76. The van der Waals surface area contributed by atoms with Crippen LogP contribution in [0.5, 0.6) is 0 Å². The normalized spacial score (nSPS) is 10.6. The summed E-state index contributed by atoms with van der Waals surface area (Å²) in [5.41, 5.74) is 1.74. The van der Waals surface area contributed by atoms with Crippen molar-refractivity contribution >= 4 is 34.5 Å². The summed E-state index contributed by atoms with van der Waals surface area (Å²) in [5.74, 6) is -1.28. The maximum atomic E-state index is 12.4. The van der Waals surface area contributed by atoms with Crippen molar-refractivity contribution in [1.82, 2.24) is 9.97 Å². The van der Waals surface area contributed by atoms with Crippen LogP contribution in [0.1, 0.15) is 26.6 Å². The number of furan rings is 1. The second-order valence-electron chi connectivity index (χ2n) is 5.08. The minimum Gasteiger partial charge on any atom is -0.477 e. The van der Waals surface area contributed by atoms with E-state index >= 15 is 0 Å². The number of hydrogen-bond donors (Lipinski definition) is 3. The lowest BCUT2D eigenvalue weighted by molar-refractivity contribution is 0.0690. The van der Waals surface area contributed by atoms with Crippen molar-refractivity contribution in [3.8, 4) is 0 Å². The summed E-state index contributed by atoms with van der Waals surface area (Å²) in [6.45, 7) is 1.89. The van der Waals surface area contributed by atoms with Crippen molar-refractivity contribution in [2.45, 2.75) is 6.92 Å². The van der Waals surface area contributed by atoms with E-state index in [9.17, 15) is 9.59 Å². The fraction of sp³-hybridized carbons (Fsp3) is 0.125. The Morgan fingerprint density at radius 2 is 2.00 bits per heavy atom. The lowest BCUT2D eigenvalue weighted by Gasteiger charge is -2.04. The Labute approximate surface area is 136 Å². The van der Waals surface area contributed by atoms with Crippen LogP contribution in [0.25, 0.3) is 11.1 Å². The zero-order valence-corrected chi connectivity index (χ0v) is 13.0. The molecule has 0 spiro atoms. The third-order valence-corrected chi connectivity index (χ3v) is 3.36. The predicted molar refractivity (Wildman–Crippen MR) is 87.4 cm³/mol. The van der Waals surface area contributed by atoms with Crippen LogP contribution in [0.2, 0.25) is 0 Å². The van der Waals surface area contributed by atoms with Gasteiger partial charge in [-0.05, 0) is 30.7 Å². The highest BCUT2D eigenvalue weighted by Gasteiger charge is 2.22. The Bertz CT molecular complexity index is 931. The number of pyridine rings is 2. The second-order valence-corrected chi connectivity index (χ2v) is 5.08. The molecule has 0 bridgehead atoms. The van der Waals surface area contributed by atoms with Gasteiger partial charge in [0.1, 0.15) is 22.7 Å². The van der Waals surface area contributed by atoms with Crippen LogP contribution in [0.4, 0.5) is 11.5 Å². The van der Waals surface area contributed by atoms with E-state index in [0.29, 0.717) is 17.1 Å². The lowest BCUT2D eigenvalue weighted by atomic mass is 10.2. The molecule has 122 valence electrons. The molecule has 1 amide bonds. The molecular formula is C16H14N4O4. The maximum Gasteiger partial charge on any atom is 0.354 e. The highest BCUT2D eigenvalue weighted by Crippen LogP contribution is 2.30.